The van der Waals surface area contributed by atoms with Crippen LogP contribution in [-0.2, 0) is 4.79 Å². The minimum absolute atomic E-state index is 0.0686. The number of rotatable bonds is 3. The maximum Gasteiger partial charge on any atom is 0.219 e. The molecule has 1 atom stereocenters. The molecule has 1 amide bonds. The summed E-state index contributed by atoms with van der Waals surface area (Å²) < 4.78 is 0. The monoisotopic (exact) mass is 194 g/mol. The molecule has 4 nitrogen and oxygen atoms in total. The lowest BCUT2D eigenvalue weighted by molar-refractivity contribution is -0.130. The number of carbonyl (C=O) groups is 1. The van der Waals surface area contributed by atoms with Crippen LogP contribution < -0.4 is 0 Å². The van der Waals surface area contributed by atoms with Gasteiger partial charge in [-0.2, -0.15) is 0 Å². The average Bonchev–Trinajstić information content (AvgIpc) is 2.20. The molecule has 1 unspecified atom stereocenters. The summed E-state index contributed by atoms with van der Waals surface area (Å²) >= 11 is 0. The molecule has 0 aliphatic heterocycles. The van der Waals surface area contributed by atoms with Crippen molar-refractivity contribution in [2.24, 2.45) is 0 Å². The summed E-state index contributed by atoms with van der Waals surface area (Å²) in [5, 5.41) is 9.18. The zero-order valence-corrected chi connectivity index (χ0v) is 8.34. The van der Waals surface area contributed by atoms with Crippen LogP contribution >= 0.6 is 0 Å². The van der Waals surface area contributed by atoms with Crippen LogP contribution in [0.2, 0.25) is 0 Å². The second kappa shape index (κ2) is 4.72. The van der Waals surface area contributed by atoms with E-state index in [0.29, 0.717) is 0 Å². The number of hydrogen-bond acceptors (Lipinski definition) is 3. The maximum atomic E-state index is 11.1. The molecule has 0 radical (unpaired) electrons. The Balaban J connectivity index is 2.87. The molecule has 76 valence electrons. The van der Waals surface area contributed by atoms with Crippen molar-refractivity contribution in [3.63, 3.8) is 0 Å². The molecule has 4 heteroatoms. The Morgan fingerprint density at radius 3 is 2.57 bits per heavy atom. The first-order valence-electron chi connectivity index (χ1n) is 4.41. The second-order valence-corrected chi connectivity index (χ2v) is 3.11. The molecular weight excluding hydrogens is 180 g/mol. The predicted octanol–water partition coefficient (Wildman–Crippen LogP) is 0.593. The van der Waals surface area contributed by atoms with Gasteiger partial charge >= 0.3 is 0 Å². The van der Waals surface area contributed by atoms with E-state index in [9.17, 15) is 9.90 Å². The molecule has 1 rings (SSSR count). The van der Waals surface area contributed by atoms with Crippen LogP contribution in [0.25, 0.3) is 0 Å². The van der Waals surface area contributed by atoms with E-state index in [2.05, 4.69) is 4.98 Å². The van der Waals surface area contributed by atoms with E-state index in [1.54, 1.807) is 31.6 Å². The highest BCUT2D eigenvalue weighted by molar-refractivity contribution is 5.73. The van der Waals surface area contributed by atoms with Gasteiger partial charge in [-0.3, -0.25) is 9.78 Å². The predicted molar refractivity (Wildman–Crippen MR) is 52.5 cm³/mol. The quantitative estimate of drug-likeness (QED) is 0.766. The summed E-state index contributed by atoms with van der Waals surface area (Å²) in [7, 11) is 1.67. The van der Waals surface area contributed by atoms with Crippen molar-refractivity contribution in [3.05, 3.63) is 30.1 Å². The van der Waals surface area contributed by atoms with Crippen LogP contribution in [0.15, 0.2) is 24.5 Å². The second-order valence-electron chi connectivity index (χ2n) is 3.11. The number of carbonyl (C=O) groups excluding carboxylic acids is 1. The zero-order chi connectivity index (χ0) is 10.6. The number of aliphatic hydroxyl groups is 1. The van der Waals surface area contributed by atoms with E-state index in [1.807, 2.05) is 0 Å². The van der Waals surface area contributed by atoms with Crippen molar-refractivity contribution >= 4 is 5.91 Å². The first kappa shape index (κ1) is 10.7. The smallest absolute Gasteiger partial charge is 0.219 e. The van der Waals surface area contributed by atoms with Gasteiger partial charge in [0, 0.05) is 26.4 Å². The highest BCUT2D eigenvalue weighted by atomic mass is 16.3. The highest BCUT2D eigenvalue weighted by Crippen LogP contribution is 2.17. The van der Waals surface area contributed by atoms with Gasteiger partial charge in [0.15, 0.2) is 0 Å². The van der Waals surface area contributed by atoms with Gasteiger partial charge in [0.2, 0.25) is 5.91 Å². The third-order valence-electron chi connectivity index (χ3n) is 2.23. The number of aliphatic hydroxyl groups excluding tert-OH is 1. The SMILES string of the molecule is CC(=O)N(C)C(CO)c1ccncc1. The van der Waals surface area contributed by atoms with Crippen molar-refractivity contribution < 1.29 is 9.90 Å². The zero-order valence-electron chi connectivity index (χ0n) is 8.34. The molecule has 0 spiro atoms. The lowest BCUT2D eigenvalue weighted by atomic mass is 10.1. The Kier molecular flexibility index (Phi) is 3.59. The third-order valence-corrected chi connectivity index (χ3v) is 2.23. The van der Waals surface area contributed by atoms with E-state index in [-0.39, 0.29) is 18.6 Å². The fraction of sp³-hybridized carbons (Fsp3) is 0.400. The molecule has 0 saturated heterocycles. The Bertz CT molecular complexity index is 300. The Labute approximate surface area is 83.2 Å². The summed E-state index contributed by atoms with van der Waals surface area (Å²) in [6, 6.07) is 3.30. The van der Waals surface area contributed by atoms with Crippen molar-refractivity contribution in [2.75, 3.05) is 13.7 Å². The van der Waals surface area contributed by atoms with E-state index >= 15 is 0 Å². The van der Waals surface area contributed by atoms with Crippen molar-refractivity contribution in [3.8, 4) is 0 Å². The number of amides is 1. The van der Waals surface area contributed by atoms with Gasteiger partial charge in [0.05, 0.1) is 12.6 Å². The molecular formula is C10H14N2O2. The molecule has 1 N–H and O–H groups in total. The fourth-order valence-corrected chi connectivity index (χ4v) is 1.26. The van der Waals surface area contributed by atoms with Crippen LogP contribution in [-0.4, -0.2) is 34.6 Å². The average molecular weight is 194 g/mol. The summed E-state index contributed by atoms with van der Waals surface area (Å²) in [5.41, 5.74) is 0.889. The van der Waals surface area contributed by atoms with Crippen LogP contribution in [0.4, 0.5) is 0 Å². The van der Waals surface area contributed by atoms with Gasteiger partial charge in [0.25, 0.3) is 0 Å². The van der Waals surface area contributed by atoms with Gasteiger partial charge in [-0.15, -0.1) is 0 Å². The molecule has 0 bridgehead atoms. The molecule has 14 heavy (non-hydrogen) atoms. The van der Waals surface area contributed by atoms with Gasteiger partial charge in [-0.05, 0) is 17.7 Å². The van der Waals surface area contributed by atoms with Crippen LogP contribution in [0.5, 0.6) is 0 Å². The normalized spacial score (nSPS) is 12.2. The number of hydrogen-bond donors (Lipinski definition) is 1. The topological polar surface area (TPSA) is 53.4 Å². The van der Waals surface area contributed by atoms with Gasteiger partial charge in [0.1, 0.15) is 0 Å². The Morgan fingerprint density at radius 2 is 2.14 bits per heavy atom. The summed E-state index contributed by atoms with van der Waals surface area (Å²) in [4.78, 5) is 16.5. The van der Waals surface area contributed by atoms with Crippen LogP contribution in [0.3, 0.4) is 0 Å². The molecule has 1 aromatic heterocycles. The molecule has 0 fully saturated rings. The van der Waals surface area contributed by atoms with Crippen LogP contribution in [0.1, 0.15) is 18.5 Å². The number of aromatic nitrogens is 1. The summed E-state index contributed by atoms with van der Waals surface area (Å²) in [6.45, 7) is 1.39. The van der Waals surface area contributed by atoms with Gasteiger partial charge < -0.3 is 10.0 Å². The largest absolute Gasteiger partial charge is 0.394 e. The van der Waals surface area contributed by atoms with Crippen molar-refractivity contribution in [2.45, 2.75) is 13.0 Å². The lowest BCUT2D eigenvalue weighted by Gasteiger charge is -2.25. The molecule has 1 aromatic rings. The number of likely N-dealkylation sites (N-methyl/N-ethyl adjacent to an activating group) is 1. The third kappa shape index (κ3) is 2.29. The van der Waals surface area contributed by atoms with E-state index in [0.717, 1.165) is 5.56 Å². The first-order chi connectivity index (χ1) is 6.66. The summed E-state index contributed by atoms with van der Waals surface area (Å²) in [5.74, 6) is -0.0686. The minimum Gasteiger partial charge on any atom is -0.394 e. The van der Waals surface area contributed by atoms with E-state index in [4.69, 9.17) is 0 Å². The molecule has 0 aliphatic carbocycles. The summed E-state index contributed by atoms with van der Waals surface area (Å²) in [6.07, 6.45) is 3.29. The maximum absolute atomic E-state index is 11.1. The number of pyridine rings is 1. The Morgan fingerprint density at radius 1 is 1.57 bits per heavy atom. The van der Waals surface area contributed by atoms with Gasteiger partial charge in [-0.1, -0.05) is 0 Å². The Hall–Kier alpha value is -1.42. The van der Waals surface area contributed by atoms with Crippen LogP contribution in [0, 0.1) is 0 Å². The van der Waals surface area contributed by atoms with Crippen molar-refractivity contribution in [1.29, 1.82) is 0 Å². The van der Waals surface area contributed by atoms with Crippen molar-refractivity contribution in [1.82, 2.24) is 9.88 Å². The molecule has 1 heterocycles. The number of nitrogens with zero attached hydrogens (tertiary/aromatic N) is 2. The standard InChI is InChI=1S/C10H14N2O2/c1-8(14)12(2)10(7-13)9-3-5-11-6-4-9/h3-6,10,13H,7H2,1-2H3. The van der Waals surface area contributed by atoms with E-state index < -0.39 is 0 Å². The first-order valence-corrected chi connectivity index (χ1v) is 4.41. The molecule has 0 saturated carbocycles. The highest BCUT2D eigenvalue weighted by Gasteiger charge is 2.17. The molecule has 0 aliphatic rings. The van der Waals surface area contributed by atoms with E-state index in [1.165, 1.54) is 11.8 Å². The minimum atomic E-state index is -0.282. The fourth-order valence-electron chi connectivity index (χ4n) is 1.26. The lowest BCUT2D eigenvalue weighted by Crippen LogP contribution is -2.31. The molecule has 0 aromatic carbocycles. The van der Waals surface area contributed by atoms with Gasteiger partial charge in [-0.25, -0.2) is 0 Å².